The molecule has 0 aliphatic carbocycles. The number of aromatic nitrogens is 1. The molecule has 160 valence electrons. The molecule has 32 heavy (non-hydrogen) atoms. The second-order valence-electron chi connectivity index (χ2n) is 6.93. The fraction of sp³-hybridized carbons (Fsp3) is 0.0417. The number of H-pyrrole nitrogens is 1. The molecule has 0 fully saturated rings. The molecule has 0 spiro atoms. The van der Waals surface area contributed by atoms with Crippen molar-refractivity contribution >= 4 is 34.1 Å². The largest absolute Gasteiger partial charge is 0.495 e. The molecule has 8 heteroatoms. The Bertz CT molecular complexity index is 1400. The van der Waals surface area contributed by atoms with E-state index in [2.05, 4.69) is 15.6 Å². The number of hydrogen-bond acceptors (Lipinski definition) is 4. The zero-order chi connectivity index (χ0) is 22.7. The molecule has 3 aromatic carbocycles. The van der Waals surface area contributed by atoms with Crippen LogP contribution in [0.1, 0.15) is 20.7 Å². The third kappa shape index (κ3) is 4.34. The van der Waals surface area contributed by atoms with Gasteiger partial charge in [0.25, 0.3) is 17.4 Å². The molecule has 0 aliphatic rings. The van der Waals surface area contributed by atoms with Gasteiger partial charge in [-0.3, -0.25) is 14.4 Å². The van der Waals surface area contributed by atoms with E-state index in [1.807, 2.05) is 0 Å². The van der Waals surface area contributed by atoms with Crippen LogP contribution in [0.4, 0.5) is 15.8 Å². The number of rotatable bonds is 5. The number of carbonyl (C=O) groups is 2. The minimum atomic E-state index is -0.607. The van der Waals surface area contributed by atoms with Crippen molar-refractivity contribution in [2.45, 2.75) is 0 Å². The summed E-state index contributed by atoms with van der Waals surface area (Å²) in [5.41, 5.74) is 0.786. The maximum atomic E-state index is 13.4. The first-order valence-electron chi connectivity index (χ1n) is 9.63. The van der Waals surface area contributed by atoms with Crippen molar-refractivity contribution in [3.63, 3.8) is 0 Å². The zero-order valence-corrected chi connectivity index (χ0v) is 16.9. The summed E-state index contributed by atoms with van der Waals surface area (Å²) in [5, 5.41) is 6.01. The lowest BCUT2D eigenvalue weighted by atomic mass is 10.1. The molecule has 1 aromatic heterocycles. The van der Waals surface area contributed by atoms with Crippen LogP contribution in [0.15, 0.2) is 77.6 Å². The molecule has 0 atom stereocenters. The van der Waals surface area contributed by atoms with Crippen molar-refractivity contribution in [3.05, 3.63) is 100 Å². The van der Waals surface area contributed by atoms with E-state index >= 15 is 0 Å². The van der Waals surface area contributed by atoms with Gasteiger partial charge in [0.05, 0.1) is 12.8 Å². The summed E-state index contributed by atoms with van der Waals surface area (Å²) in [7, 11) is 1.43. The summed E-state index contributed by atoms with van der Waals surface area (Å²) in [5.74, 6) is -1.34. The van der Waals surface area contributed by atoms with Gasteiger partial charge in [-0.05, 0) is 53.9 Å². The Kier molecular flexibility index (Phi) is 5.67. The van der Waals surface area contributed by atoms with Crippen LogP contribution in [0, 0.1) is 5.82 Å². The van der Waals surface area contributed by atoms with E-state index < -0.39 is 23.2 Å². The fourth-order valence-corrected chi connectivity index (χ4v) is 3.22. The second kappa shape index (κ2) is 8.73. The van der Waals surface area contributed by atoms with Crippen LogP contribution in [0.5, 0.6) is 5.75 Å². The first kappa shape index (κ1) is 20.8. The molecule has 4 aromatic rings. The Morgan fingerprint density at radius 1 is 0.906 bits per heavy atom. The number of aromatic amines is 1. The summed E-state index contributed by atoms with van der Waals surface area (Å²) in [6, 6.07) is 18.5. The van der Waals surface area contributed by atoms with Gasteiger partial charge >= 0.3 is 0 Å². The Hall–Kier alpha value is -4.46. The van der Waals surface area contributed by atoms with Crippen molar-refractivity contribution in [3.8, 4) is 5.75 Å². The van der Waals surface area contributed by atoms with Gasteiger partial charge in [-0.2, -0.15) is 0 Å². The molecule has 4 rings (SSSR count). The Morgan fingerprint density at radius 2 is 1.72 bits per heavy atom. The lowest BCUT2D eigenvalue weighted by Crippen LogP contribution is -2.23. The average molecular weight is 431 g/mol. The molecule has 0 bridgehead atoms. The molecule has 0 saturated heterocycles. The van der Waals surface area contributed by atoms with E-state index in [0.717, 1.165) is 11.5 Å². The van der Waals surface area contributed by atoms with Crippen LogP contribution in [-0.4, -0.2) is 23.9 Å². The summed E-state index contributed by atoms with van der Waals surface area (Å²) >= 11 is 0. The molecule has 1 heterocycles. The van der Waals surface area contributed by atoms with E-state index in [1.165, 1.54) is 37.4 Å². The van der Waals surface area contributed by atoms with Crippen molar-refractivity contribution in [1.82, 2.24) is 4.98 Å². The topological polar surface area (TPSA) is 100 Å². The first-order chi connectivity index (χ1) is 15.4. The number of hydrogen-bond donors (Lipinski definition) is 3. The number of halogens is 1. The van der Waals surface area contributed by atoms with Crippen LogP contribution in [0.25, 0.3) is 10.9 Å². The second-order valence-corrected chi connectivity index (χ2v) is 6.93. The Morgan fingerprint density at radius 3 is 2.50 bits per heavy atom. The predicted octanol–water partition coefficient (Wildman–Crippen LogP) is 4.18. The highest BCUT2D eigenvalue weighted by Crippen LogP contribution is 2.28. The molecular formula is C24H18FN3O4. The minimum absolute atomic E-state index is 0.0511. The van der Waals surface area contributed by atoms with Crippen molar-refractivity contribution in [2.75, 3.05) is 17.7 Å². The minimum Gasteiger partial charge on any atom is -0.495 e. The third-order valence-electron chi connectivity index (χ3n) is 4.79. The van der Waals surface area contributed by atoms with Crippen LogP contribution in [0.2, 0.25) is 0 Å². The van der Waals surface area contributed by atoms with Gasteiger partial charge in [-0.15, -0.1) is 0 Å². The number of amides is 2. The lowest BCUT2D eigenvalue weighted by Gasteiger charge is -2.13. The summed E-state index contributed by atoms with van der Waals surface area (Å²) in [4.78, 5) is 40.2. The van der Waals surface area contributed by atoms with Gasteiger partial charge in [-0.1, -0.05) is 24.3 Å². The smallest absolute Gasteiger partial charge is 0.261 e. The van der Waals surface area contributed by atoms with E-state index in [-0.39, 0.29) is 16.8 Å². The lowest BCUT2D eigenvalue weighted by molar-refractivity contribution is 0.101. The van der Waals surface area contributed by atoms with Gasteiger partial charge < -0.3 is 20.4 Å². The number of carbonyl (C=O) groups excluding carboxylic acids is 2. The van der Waals surface area contributed by atoms with Crippen molar-refractivity contribution < 1.29 is 18.7 Å². The Labute approximate surface area is 181 Å². The van der Waals surface area contributed by atoms with Gasteiger partial charge in [-0.25, -0.2) is 4.39 Å². The van der Waals surface area contributed by atoms with Gasteiger partial charge in [0.2, 0.25) is 0 Å². The van der Waals surface area contributed by atoms with Crippen LogP contribution in [0.3, 0.4) is 0 Å². The maximum Gasteiger partial charge on any atom is 0.261 e. The Balaban J connectivity index is 1.59. The highest BCUT2D eigenvalue weighted by atomic mass is 19.1. The molecule has 0 radical (unpaired) electrons. The van der Waals surface area contributed by atoms with E-state index in [1.54, 1.807) is 36.4 Å². The first-order valence-corrected chi connectivity index (χ1v) is 9.63. The van der Waals surface area contributed by atoms with E-state index in [0.29, 0.717) is 17.0 Å². The molecule has 0 aliphatic heterocycles. The number of nitrogens with one attached hydrogen (secondary N) is 3. The van der Waals surface area contributed by atoms with E-state index in [9.17, 15) is 18.8 Å². The van der Waals surface area contributed by atoms with Crippen molar-refractivity contribution in [1.29, 1.82) is 0 Å². The van der Waals surface area contributed by atoms with Crippen molar-refractivity contribution in [2.24, 2.45) is 0 Å². The van der Waals surface area contributed by atoms with Crippen LogP contribution in [-0.2, 0) is 0 Å². The normalized spacial score (nSPS) is 10.6. The van der Waals surface area contributed by atoms with Crippen LogP contribution >= 0.6 is 0 Å². The summed E-state index contributed by atoms with van der Waals surface area (Å²) < 4.78 is 18.7. The number of para-hydroxylation sites is 1. The van der Waals surface area contributed by atoms with Gasteiger partial charge in [0.1, 0.15) is 17.1 Å². The molecule has 3 N–H and O–H groups in total. The molecule has 0 saturated carbocycles. The molecule has 2 amide bonds. The highest BCUT2D eigenvalue weighted by molar-refractivity contribution is 6.07. The maximum absolute atomic E-state index is 13.4. The number of ether oxygens (including phenoxy) is 1. The predicted molar refractivity (Wildman–Crippen MR) is 120 cm³/mol. The molecule has 7 nitrogen and oxygen atoms in total. The third-order valence-corrected chi connectivity index (χ3v) is 4.79. The molecular weight excluding hydrogens is 413 g/mol. The number of anilines is 2. The average Bonchev–Trinajstić information content (AvgIpc) is 2.78. The number of benzene rings is 3. The fourth-order valence-electron chi connectivity index (χ4n) is 3.22. The van der Waals surface area contributed by atoms with Gasteiger partial charge in [0.15, 0.2) is 0 Å². The summed E-state index contributed by atoms with van der Waals surface area (Å²) in [6.45, 7) is 0. The number of fused-ring (bicyclic) bond motifs is 1. The quantitative estimate of drug-likeness (QED) is 0.441. The SMILES string of the molecule is COc1ccc(NC(=O)c2cc3ccccc3[nH]c2=O)cc1NC(=O)c1cccc(F)c1. The standard InChI is InChI=1S/C24H18FN3O4/c1-32-21-10-9-17(13-20(21)28-22(29)15-6-4-7-16(25)11-15)26-23(30)18-12-14-5-2-3-8-19(14)27-24(18)31/h2-13H,1H3,(H,26,30)(H,27,31)(H,28,29). The number of pyridine rings is 1. The van der Waals surface area contributed by atoms with E-state index in [4.69, 9.17) is 4.74 Å². The number of methoxy groups -OCH3 is 1. The highest BCUT2D eigenvalue weighted by Gasteiger charge is 2.15. The van der Waals surface area contributed by atoms with Gasteiger partial charge in [0, 0.05) is 16.8 Å². The van der Waals surface area contributed by atoms with Crippen LogP contribution < -0.4 is 20.9 Å². The zero-order valence-electron chi connectivity index (χ0n) is 16.9. The summed E-state index contributed by atoms with van der Waals surface area (Å²) in [6.07, 6.45) is 0. The molecule has 0 unspecified atom stereocenters. The monoisotopic (exact) mass is 431 g/mol.